The molecule has 0 radical (unpaired) electrons. The molecule has 6 aromatic carbocycles. The topological polar surface area (TPSA) is 246 Å². The SMILES string of the molecule is CN[C@@H](C)C(=O)N[C@H]1CN(C(=O)Nc2ccc(CCc3ccc(NC(=O)N4CC[C@H]5CC[C@@H](C(=O)NC(c6ccccc6)c6ccccc6)N5C(=O)[C@@H](NC(=O)[C@H](C)NC)C4)cc3)cc2)CC[C@H]2CCC(C(=O)NC(c3ccccc3)c3ccccc3)N2C1=O. The average Bonchev–Trinajstić information content (AvgIpc) is 1.68. The van der Waals surface area contributed by atoms with Gasteiger partial charge in [-0.2, -0.15) is 0 Å². The molecule has 0 aromatic heterocycles. The van der Waals surface area contributed by atoms with Crippen LogP contribution in [0.25, 0.3) is 0 Å². The van der Waals surface area contributed by atoms with Gasteiger partial charge in [0.25, 0.3) is 0 Å². The lowest BCUT2D eigenvalue weighted by molar-refractivity contribution is -0.144. The lowest BCUT2D eigenvalue weighted by Crippen LogP contribution is -2.62. The molecular weight excluding hydrogens is 1140 g/mol. The Labute approximate surface area is 526 Å². The maximum atomic E-state index is 14.7. The molecule has 1 unspecified atom stereocenters. The smallest absolute Gasteiger partial charge is 0.321 e. The molecule has 0 bridgehead atoms. The molecule has 90 heavy (non-hydrogen) atoms. The monoisotopic (exact) mass is 1220 g/mol. The number of anilines is 2. The van der Waals surface area contributed by atoms with Gasteiger partial charge in [-0.25, -0.2) is 9.59 Å². The van der Waals surface area contributed by atoms with Crippen LogP contribution in [-0.4, -0.2) is 156 Å². The number of hydrogen-bond donors (Lipinski definition) is 8. The van der Waals surface area contributed by atoms with Crippen molar-refractivity contribution in [1.29, 1.82) is 0 Å². The van der Waals surface area contributed by atoms with E-state index >= 15 is 0 Å². The van der Waals surface area contributed by atoms with Gasteiger partial charge in [0, 0.05) is 36.5 Å². The second kappa shape index (κ2) is 29.7. The highest BCUT2D eigenvalue weighted by atomic mass is 16.2. The van der Waals surface area contributed by atoms with Crippen molar-refractivity contribution in [2.24, 2.45) is 0 Å². The van der Waals surface area contributed by atoms with Crippen LogP contribution in [0.1, 0.15) is 97.8 Å². The third-order valence-electron chi connectivity index (χ3n) is 18.1. The second-order valence-corrected chi connectivity index (χ2v) is 23.9. The molecule has 6 aromatic rings. The van der Waals surface area contributed by atoms with Crippen molar-refractivity contribution in [3.8, 4) is 0 Å². The van der Waals surface area contributed by atoms with Gasteiger partial charge in [-0.15, -0.1) is 0 Å². The predicted octanol–water partition coefficient (Wildman–Crippen LogP) is 6.66. The van der Waals surface area contributed by atoms with Crippen LogP contribution in [0.3, 0.4) is 0 Å². The van der Waals surface area contributed by atoms with E-state index < -0.39 is 84.0 Å². The molecule has 20 nitrogen and oxygen atoms in total. The zero-order valence-electron chi connectivity index (χ0n) is 51.5. The van der Waals surface area contributed by atoms with Crippen LogP contribution in [0.15, 0.2) is 170 Å². The van der Waals surface area contributed by atoms with Gasteiger partial charge >= 0.3 is 12.1 Å². The van der Waals surface area contributed by atoms with Gasteiger partial charge in [0.15, 0.2) is 0 Å². The van der Waals surface area contributed by atoms with E-state index in [0.29, 0.717) is 62.7 Å². The van der Waals surface area contributed by atoms with Crippen LogP contribution < -0.4 is 42.5 Å². The summed E-state index contributed by atoms with van der Waals surface area (Å²) in [5.41, 5.74) is 6.78. The first kappa shape index (κ1) is 63.6. The molecule has 10 rings (SSSR count). The first-order chi connectivity index (χ1) is 43.7. The number of likely N-dealkylation sites (N-methyl/N-ethyl adjacent to an activating group) is 2. The van der Waals surface area contributed by atoms with E-state index in [-0.39, 0.29) is 50.1 Å². The highest BCUT2D eigenvalue weighted by molar-refractivity contribution is 5.97. The highest BCUT2D eigenvalue weighted by Crippen LogP contribution is 2.34. The zero-order chi connectivity index (χ0) is 63.3. The van der Waals surface area contributed by atoms with Gasteiger partial charge in [0.1, 0.15) is 24.2 Å². The van der Waals surface area contributed by atoms with Crippen molar-refractivity contribution >= 4 is 58.9 Å². The summed E-state index contributed by atoms with van der Waals surface area (Å²) in [5.74, 6) is -2.21. The third kappa shape index (κ3) is 15.3. The number of rotatable bonds is 19. The Morgan fingerprint density at radius 3 is 1.07 bits per heavy atom. The van der Waals surface area contributed by atoms with Gasteiger partial charge in [-0.05, 0) is 137 Å². The van der Waals surface area contributed by atoms with Crippen LogP contribution in [0.4, 0.5) is 21.0 Å². The summed E-state index contributed by atoms with van der Waals surface area (Å²) in [4.78, 5) is 120. The molecule has 0 spiro atoms. The van der Waals surface area contributed by atoms with Crippen LogP contribution in [-0.2, 0) is 41.6 Å². The maximum Gasteiger partial charge on any atom is 0.321 e. The fourth-order valence-corrected chi connectivity index (χ4v) is 12.7. The van der Waals surface area contributed by atoms with Crippen molar-refractivity contribution in [3.63, 3.8) is 0 Å². The number of carbonyl (C=O) groups is 8. The molecular formula is C70H82N12O8. The van der Waals surface area contributed by atoms with E-state index in [2.05, 4.69) is 42.5 Å². The lowest BCUT2D eigenvalue weighted by atomic mass is 9.98. The first-order valence-corrected chi connectivity index (χ1v) is 31.4. The Hall–Kier alpha value is -9.40. The zero-order valence-corrected chi connectivity index (χ0v) is 51.5. The summed E-state index contributed by atoms with van der Waals surface area (Å²) in [6.07, 6.45) is 4.21. The summed E-state index contributed by atoms with van der Waals surface area (Å²) in [5, 5.41) is 24.1. The van der Waals surface area contributed by atoms with Gasteiger partial charge in [-0.1, -0.05) is 146 Å². The van der Waals surface area contributed by atoms with Crippen LogP contribution in [0.2, 0.25) is 0 Å². The molecule has 20 heteroatoms. The van der Waals surface area contributed by atoms with Crippen molar-refractivity contribution < 1.29 is 38.4 Å². The lowest BCUT2D eigenvalue weighted by Gasteiger charge is -2.39. The van der Waals surface area contributed by atoms with Crippen LogP contribution >= 0.6 is 0 Å². The van der Waals surface area contributed by atoms with Crippen molar-refractivity contribution in [2.75, 3.05) is 50.9 Å². The molecule has 4 aliphatic rings. The summed E-state index contributed by atoms with van der Waals surface area (Å²) in [7, 11) is 3.30. The molecule has 470 valence electrons. The number of nitrogens with one attached hydrogen (secondary N) is 8. The number of hydrogen-bond acceptors (Lipinski definition) is 10. The van der Waals surface area contributed by atoms with Crippen molar-refractivity contribution in [1.82, 2.24) is 51.5 Å². The minimum Gasteiger partial charge on any atom is -0.343 e. The fourth-order valence-electron chi connectivity index (χ4n) is 12.7. The Kier molecular flexibility index (Phi) is 21.0. The Balaban J connectivity index is 0.738. The van der Waals surface area contributed by atoms with Crippen molar-refractivity contribution in [3.05, 3.63) is 203 Å². The van der Waals surface area contributed by atoms with Gasteiger partial charge in [-0.3, -0.25) is 28.8 Å². The van der Waals surface area contributed by atoms with Crippen LogP contribution in [0, 0.1) is 0 Å². The molecule has 4 fully saturated rings. The molecule has 4 saturated heterocycles. The summed E-state index contributed by atoms with van der Waals surface area (Å²) in [6.45, 7) is 3.73. The van der Waals surface area contributed by atoms with E-state index in [4.69, 9.17) is 0 Å². The van der Waals surface area contributed by atoms with Gasteiger partial charge in [0.2, 0.25) is 35.4 Å². The number of fused-ring (bicyclic) bond motifs is 2. The minimum absolute atomic E-state index is 0.104. The van der Waals surface area contributed by atoms with Crippen molar-refractivity contribution in [2.45, 2.75) is 126 Å². The summed E-state index contributed by atoms with van der Waals surface area (Å²) >= 11 is 0. The van der Waals surface area contributed by atoms with E-state index in [1.807, 2.05) is 170 Å². The largest absolute Gasteiger partial charge is 0.343 e. The normalized spacial score (nSPS) is 20.7. The molecule has 10 amide bonds. The van der Waals surface area contributed by atoms with E-state index in [0.717, 1.165) is 33.4 Å². The second-order valence-electron chi connectivity index (χ2n) is 23.9. The summed E-state index contributed by atoms with van der Waals surface area (Å²) < 4.78 is 0. The Bertz CT molecular complexity index is 3150. The molecule has 0 aliphatic carbocycles. The molecule has 8 N–H and O–H groups in total. The predicted molar refractivity (Wildman–Crippen MR) is 345 cm³/mol. The number of benzene rings is 6. The maximum absolute atomic E-state index is 14.7. The molecule has 8 atom stereocenters. The van der Waals surface area contributed by atoms with Crippen LogP contribution in [0.5, 0.6) is 0 Å². The first-order valence-electron chi connectivity index (χ1n) is 31.4. The Morgan fingerprint density at radius 2 is 0.756 bits per heavy atom. The van der Waals surface area contributed by atoms with Gasteiger partial charge < -0.3 is 62.1 Å². The standard InChI is InChI=1S/C70H82N12O8/c1-45(71-3)63(83)75-57-43-79(41-39-55-35-37-59(81(55)67(57)87)65(85)77-61(49-17-9-5-10-18-49)50-19-11-6-12-20-50)69(89)73-53-31-27-47(28-32-53)25-26-48-29-33-54(34-30-48)74-70(90)80-42-40-56-36-38-60(82(56)68(88)58(44-80)76-64(84)46(2)72-4)66(86)78-62(51-21-13-7-14-22-51)52-23-15-8-16-24-52/h5-24,27-34,45-46,55-62,71-72H,25-26,35-44H2,1-4H3,(H,73,89)(H,74,90)(H,75,83)(H,76,84)(H,77,85)(H,78,86)/t45-,46-,55+,56+,57-,58-,59-,60?/m0/s1. The van der Waals surface area contributed by atoms with E-state index in [1.54, 1.807) is 47.5 Å². The van der Waals surface area contributed by atoms with E-state index in [1.165, 1.54) is 0 Å². The minimum atomic E-state index is -1.12. The highest BCUT2D eigenvalue weighted by Gasteiger charge is 2.48. The fraction of sp³-hybridized carbons (Fsp3) is 0.371. The quantitative estimate of drug-likeness (QED) is 0.0429. The number of amides is 10. The van der Waals surface area contributed by atoms with E-state index in [9.17, 15) is 38.4 Å². The molecule has 4 heterocycles. The summed E-state index contributed by atoms with van der Waals surface area (Å²) in [6, 6.07) is 46.4. The average molecular weight is 1220 g/mol. The third-order valence-corrected chi connectivity index (χ3v) is 18.1. The Morgan fingerprint density at radius 1 is 0.433 bits per heavy atom. The number of urea groups is 2. The molecule has 0 saturated carbocycles. The number of aryl methyl sites for hydroxylation is 2. The van der Waals surface area contributed by atoms with Gasteiger partial charge in [0.05, 0.1) is 37.3 Å². The number of carbonyl (C=O) groups excluding carboxylic acids is 8. The number of nitrogens with zero attached hydrogens (tertiary/aromatic N) is 4. The molecule has 4 aliphatic heterocycles.